The number of hydrogen-bond acceptors (Lipinski definition) is 6. The summed E-state index contributed by atoms with van der Waals surface area (Å²) in [4.78, 5) is 14.8. The van der Waals surface area contributed by atoms with Gasteiger partial charge in [0, 0.05) is 25.7 Å². The van der Waals surface area contributed by atoms with Crippen LogP contribution < -0.4 is 10.6 Å². The van der Waals surface area contributed by atoms with E-state index in [0.717, 1.165) is 35.7 Å². The third-order valence-electron chi connectivity index (χ3n) is 4.21. The Kier molecular flexibility index (Phi) is 2.60. The van der Waals surface area contributed by atoms with Gasteiger partial charge in [0.15, 0.2) is 0 Å². The number of fused-ring (bicyclic) bond motifs is 2. The van der Waals surface area contributed by atoms with Gasteiger partial charge in [0.25, 0.3) is 0 Å². The molecule has 4 rings (SSSR count). The van der Waals surface area contributed by atoms with Crippen molar-refractivity contribution < 1.29 is 0 Å². The monoisotopic (exact) mass is 275 g/mol. The Morgan fingerprint density at radius 1 is 1.26 bits per heavy atom. The minimum absolute atomic E-state index is 0.388. The van der Waals surface area contributed by atoms with Gasteiger partial charge in [0.05, 0.1) is 5.39 Å². The summed E-state index contributed by atoms with van der Waals surface area (Å²) in [5, 5.41) is 3.21. The highest BCUT2D eigenvalue weighted by molar-refractivity contribution is 7.16. The standard InChI is InChI=1S/C13H17N5S/c14-13-15-11(10-3-7-19-12(10)16-13)18-6-5-17-4-1-2-9(17)8-18/h3,7,9H,1-2,4-6,8H2,(H2,14,15,16). The van der Waals surface area contributed by atoms with Crippen molar-refractivity contribution in [2.75, 3.05) is 36.8 Å². The summed E-state index contributed by atoms with van der Waals surface area (Å²) in [6.45, 7) is 4.51. The zero-order valence-electron chi connectivity index (χ0n) is 10.7. The SMILES string of the molecule is Nc1nc(N2CCN3CCCC3C2)c2ccsc2n1. The summed E-state index contributed by atoms with van der Waals surface area (Å²) < 4.78 is 0. The Hall–Kier alpha value is -1.40. The van der Waals surface area contributed by atoms with E-state index in [1.807, 2.05) is 0 Å². The van der Waals surface area contributed by atoms with Crippen LogP contribution in [0.1, 0.15) is 12.8 Å². The summed E-state index contributed by atoms with van der Waals surface area (Å²) in [6, 6.07) is 2.80. The number of hydrogen-bond donors (Lipinski definition) is 1. The van der Waals surface area contributed by atoms with Crippen molar-refractivity contribution in [2.24, 2.45) is 0 Å². The summed E-state index contributed by atoms with van der Waals surface area (Å²) in [5.74, 6) is 1.41. The molecule has 0 bridgehead atoms. The highest BCUT2D eigenvalue weighted by Crippen LogP contribution is 2.31. The van der Waals surface area contributed by atoms with Gasteiger partial charge in [-0.1, -0.05) is 0 Å². The van der Waals surface area contributed by atoms with Crippen LogP contribution in [0.4, 0.5) is 11.8 Å². The molecule has 2 N–H and O–H groups in total. The van der Waals surface area contributed by atoms with E-state index < -0.39 is 0 Å². The predicted octanol–water partition coefficient (Wildman–Crippen LogP) is 1.56. The molecule has 2 aromatic rings. The van der Waals surface area contributed by atoms with Crippen LogP contribution >= 0.6 is 11.3 Å². The molecule has 0 spiro atoms. The number of piperazine rings is 1. The second-order valence-corrected chi connectivity index (χ2v) is 6.22. The third kappa shape index (κ3) is 1.86. The first-order valence-corrected chi connectivity index (χ1v) is 7.69. The summed E-state index contributed by atoms with van der Waals surface area (Å²) in [5.41, 5.74) is 5.84. The molecule has 5 nitrogen and oxygen atoms in total. The molecule has 6 heteroatoms. The topological polar surface area (TPSA) is 58.3 Å². The third-order valence-corrected chi connectivity index (χ3v) is 5.02. The largest absolute Gasteiger partial charge is 0.368 e. The average molecular weight is 275 g/mol. The van der Waals surface area contributed by atoms with E-state index in [0.29, 0.717) is 12.0 Å². The van der Waals surface area contributed by atoms with Crippen molar-refractivity contribution in [3.8, 4) is 0 Å². The van der Waals surface area contributed by atoms with Crippen LogP contribution in [0.15, 0.2) is 11.4 Å². The fourth-order valence-electron chi connectivity index (χ4n) is 3.28. The van der Waals surface area contributed by atoms with E-state index in [9.17, 15) is 0 Å². The second kappa shape index (κ2) is 4.31. The minimum Gasteiger partial charge on any atom is -0.368 e. The highest BCUT2D eigenvalue weighted by Gasteiger charge is 2.31. The van der Waals surface area contributed by atoms with Crippen molar-refractivity contribution in [3.63, 3.8) is 0 Å². The van der Waals surface area contributed by atoms with E-state index in [4.69, 9.17) is 5.73 Å². The first kappa shape index (κ1) is 11.4. The van der Waals surface area contributed by atoms with E-state index in [2.05, 4.69) is 31.2 Å². The number of nitrogens with zero attached hydrogens (tertiary/aromatic N) is 4. The summed E-state index contributed by atoms with van der Waals surface area (Å²) in [7, 11) is 0. The van der Waals surface area contributed by atoms with Gasteiger partial charge in [-0.3, -0.25) is 4.90 Å². The Labute approximate surface area is 116 Å². The van der Waals surface area contributed by atoms with Crippen LogP contribution in [0, 0.1) is 0 Å². The molecule has 1 atom stereocenters. The van der Waals surface area contributed by atoms with Crippen molar-refractivity contribution in [2.45, 2.75) is 18.9 Å². The molecule has 4 heterocycles. The molecule has 0 radical (unpaired) electrons. The fraction of sp³-hybridized carbons (Fsp3) is 0.538. The quantitative estimate of drug-likeness (QED) is 0.856. The number of anilines is 2. The molecular formula is C13H17N5S. The molecule has 2 fully saturated rings. The lowest BCUT2D eigenvalue weighted by Crippen LogP contribution is -2.50. The van der Waals surface area contributed by atoms with E-state index >= 15 is 0 Å². The van der Waals surface area contributed by atoms with Crippen LogP contribution in [0.5, 0.6) is 0 Å². The molecule has 2 aliphatic heterocycles. The van der Waals surface area contributed by atoms with Crippen LogP contribution in [-0.4, -0.2) is 47.1 Å². The molecule has 1 unspecified atom stereocenters. The second-order valence-electron chi connectivity index (χ2n) is 5.32. The lowest BCUT2D eigenvalue weighted by molar-refractivity contribution is 0.230. The molecule has 2 aromatic heterocycles. The summed E-state index contributed by atoms with van der Waals surface area (Å²) in [6.07, 6.45) is 2.64. The van der Waals surface area contributed by atoms with Crippen molar-refractivity contribution in [1.82, 2.24) is 14.9 Å². The van der Waals surface area contributed by atoms with Gasteiger partial charge < -0.3 is 10.6 Å². The molecule has 2 aliphatic rings. The zero-order valence-corrected chi connectivity index (χ0v) is 11.6. The molecule has 0 amide bonds. The molecular weight excluding hydrogens is 258 g/mol. The van der Waals surface area contributed by atoms with Gasteiger partial charge in [-0.25, -0.2) is 4.98 Å². The molecule has 19 heavy (non-hydrogen) atoms. The number of thiophene rings is 1. The van der Waals surface area contributed by atoms with Gasteiger partial charge in [-0.15, -0.1) is 11.3 Å². The highest BCUT2D eigenvalue weighted by atomic mass is 32.1. The van der Waals surface area contributed by atoms with E-state index in [1.165, 1.54) is 19.4 Å². The molecule has 0 aromatic carbocycles. The minimum atomic E-state index is 0.388. The number of nitrogens with two attached hydrogens (primary N) is 1. The smallest absolute Gasteiger partial charge is 0.223 e. The Bertz CT molecular complexity index is 610. The summed E-state index contributed by atoms with van der Waals surface area (Å²) >= 11 is 1.63. The van der Waals surface area contributed by atoms with E-state index in [1.54, 1.807) is 11.3 Å². The van der Waals surface area contributed by atoms with Crippen LogP contribution in [0.3, 0.4) is 0 Å². The van der Waals surface area contributed by atoms with Crippen molar-refractivity contribution >= 4 is 33.3 Å². The fourth-order valence-corrected chi connectivity index (χ4v) is 4.05. The maximum Gasteiger partial charge on any atom is 0.223 e. The average Bonchev–Trinajstić information content (AvgIpc) is 3.04. The lowest BCUT2D eigenvalue weighted by atomic mass is 10.1. The van der Waals surface area contributed by atoms with Gasteiger partial charge in [-0.05, 0) is 30.8 Å². The zero-order chi connectivity index (χ0) is 12.8. The van der Waals surface area contributed by atoms with Gasteiger partial charge in [0.2, 0.25) is 5.95 Å². The van der Waals surface area contributed by atoms with Gasteiger partial charge >= 0.3 is 0 Å². The van der Waals surface area contributed by atoms with Crippen molar-refractivity contribution in [3.05, 3.63) is 11.4 Å². The first-order valence-electron chi connectivity index (χ1n) is 6.81. The van der Waals surface area contributed by atoms with Crippen LogP contribution in [-0.2, 0) is 0 Å². The number of rotatable bonds is 1. The molecule has 0 aliphatic carbocycles. The Morgan fingerprint density at radius 3 is 3.16 bits per heavy atom. The van der Waals surface area contributed by atoms with Crippen LogP contribution in [0.2, 0.25) is 0 Å². The Balaban J connectivity index is 1.72. The lowest BCUT2D eigenvalue weighted by Gasteiger charge is -2.38. The number of aromatic nitrogens is 2. The van der Waals surface area contributed by atoms with E-state index in [-0.39, 0.29) is 0 Å². The van der Waals surface area contributed by atoms with Gasteiger partial charge in [0.1, 0.15) is 10.6 Å². The molecule has 2 saturated heterocycles. The first-order chi connectivity index (χ1) is 9.31. The number of nitrogen functional groups attached to an aromatic ring is 1. The van der Waals surface area contributed by atoms with Crippen molar-refractivity contribution in [1.29, 1.82) is 0 Å². The van der Waals surface area contributed by atoms with Gasteiger partial charge in [-0.2, -0.15) is 4.98 Å². The maximum atomic E-state index is 5.84. The maximum absolute atomic E-state index is 5.84. The predicted molar refractivity (Wildman–Crippen MR) is 78.6 cm³/mol. The Morgan fingerprint density at radius 2 is 2.21 bits per heavy atom. The van der Waals surface area contributed by atoms with Crippen LogP contribution in [0.25, 0.3) is 10.2 Å². The molecule has 0 saturated carbocycles. The normalized spacial score (nSPS) is 24.0. The molecule has 100 valence electrons.